The fourth-order valence-corrected chi connectivity index (χ4v) is 5.47. The Kier molecular flexibility index (Phi) is 5.18. The number of H-pyrrole nitrogens is 1. The van der Waals surface area contributed by atoms with E-state index >= 15 is 0 Å². The smallest absolute Gasteiger partial charge is 0.254 e. The van der Waals surface area contributed by atoms with Crippen LogP contribution in [-0.4, -0.2) is 43.6 Å². The van der Waals surface area contributed by atoms with Crippen LogP contribution in [0.25, 0.3) is 0 Å². The highest BCUT2D eigenvalue weighted by Crippen LogP contribution is 2.40. The third-order valence-corrected chi connectivity index (χ3v) is 7.04. The lowest BCUT2D eigenvalue weighted by Gasteiger charge is -2.33. The van der Waals surface area contributed by atoms with Gasteiger partial charge >= 0.3 is 0 Å². The zero-order valence-corrected chi connectivity index (χ0v) is 17.7. The maximum atomic E-state index is 13.4. The summed E-state index contributed by atoms with van der Waals surface area (Å²) in [6.07, 6.45) is 7.30. The van der Waals surface area contributed by atoms with Crippen LogP contribution >= 0.6 is 12.2 Å². The number of nitrogens with one attached hydrogen (secondary N) is 2. The Bertz CT molecular complexity index is 996. The van der Waals surface area contributed by atoms with Crippen LogP contribution in [-0.2, 0) is 11.3 Å². The highest BCUT2D eigenvalue weighted by molar-refractivity contribution is 7.71. The summed E-state index contributed by atoms with van der Waals surface area (Å²) in [6, 6.07) is 9.44. The van der Waals surface area contributed by atoms with Gasteiger partial charge in [-0.15, -0.1) is 0 Å². The molecule has 158 valence electrons. The van der Waals surface area contributed by atoms with Crippen LogP contribution in [0.3, 0.4) is 0 Å². The number of aromatic nitrogens is 3. The van der Waals surface area contributed by atoms with E-state index in [1.54, 1.807) is 0 Å². The van der Waals surface area contributed by atoms with Gasteiger partial charge in [0.25, 0.3) is 5.91 Å². The average Bonchev–Trinajstić information content (AvgIpc) is 3.43. The highest BCUT2D eigenvalue weighted by Gasteiger charge is 2.47. The molecule has 30 heavy (non-hydrogen) atoms. The minimum atomic E-state index is -0.429. The number of carbonyl (C=O) groups is 2. The first-order chi connectivity index (χ1) is 14.6. The second-order valence-electron chi connectivity index (χ2n) is 8.71. The van der Waals surface area contributed by atoms with Gasteiger partial charge in [-0.3, -0.25) is 19.3 Å². The summed E-state index contributed by atoms with van der Waals surface area (Å²) in [6.45, 7) is 0.321. The van der Waals surface area contributed by atoms with Gasteiger partial charge in [-0.05, 0) is 62.4 Å². The number of aromatic amines is 1. The molecule has 2 heterocycles. The summed E-state index contributed by atoms with van der Waals surface area (Å²) in [5.74, 6) is 1.03. The molecule has 3 atom stereocenters. The van der Waals surface area contributed by atoms with Gasteiger partial charge in [-0.1, -0.05) is 31.0 Å². The Labute approximate surface area is 180 Å². The lowest BCUT2D eigenvalue weighted by atomic mass is 9.84. The van der Waals surface area contributed by atoms with Crippen molar-refractivity contribution in [1.29, 1.82) is 0 Å². The Morgan fingerprint density at radius 3 is 2.67 bits per heavy atom. The van der Waals surface area contributed by atoms with Crippen molar-refractivity contribution >= 4 is 24.0 Å². The van der Waals surface area contributed by atoms with Crippen LogP contribution < -0.4 is 5.32 Å². The van der Waals surface area contributed by atoms with Crippen molar-refractivity contribution in [3.8, 4) is 0 Å². The van der Waals surface area contributed by atoms with Crippen LogP contribution in [0.15, 0.2) is 30.3 Å². The number of fused-ring (bicyclic) bond motifs is 1. The number of hydrogen-bond donors (Lipinski definition) is 2. The van der Waals surface area contributed by atoms with E-state index < -0.39 is 6.04 Å². The Morgan fingerprint density at radius 2 is 1.90 bits per heavy atom. The Balaban J connectivity index is 1.35. The molecule has 3 unspecified atom stereocenters. The molecule has 2 N–H and O–H groups in total. The minimum Gasteiger partial charge on any atom is -0.347 e. The van der Waals surface area contributed by atoms with Crippen LogP contribution in [0.5, 0.6) is 0 Å². The molecule has 0 spiro atoms. The second-order valence-corrected chi connectivity index (χ2v) is 9.09. The second kappa shape index (κ2) is 7.98. The maximum Gasteiger partial charge on any atom is 0.254 e. The summed E-state index contributed by atoms with van der Waals surface area (Å²) in [5.41, 5.74) is 0.649. The Hall–Kier alpha value is -2.48. The number of likely N-dealkylation sites (tertiary alicyclic amines) is 1. The van der Waals surface area contributed by atoms with Gasteiger partial charge in [-0.2, -0.15) is 5.10 Å². The fraction of sp³-hybridized carbons (Fsp3) is 0.545. The van der Waals surface area contributed by atoms with Crippen molar-refractivity contribution < 1.29 is 9.59 Å². The number of amides is 2. The molecule has 1 saturated heterocycles. The number of rotatable bonds is 5. The zero-order valence-electron chi connectivity index (χ0n) is 16.9. The van der Waals surface area contributed by atoms with Gasteiger partial charge in [-0.25, -0.2) is 0 Å². The third kappa shape index (κ3) is 3.57. The molecule has 7 nitrogen and oxygen atoms in total. The predicted molar refractivity (Wildman–Crippen MR) is 114 cm³/mol. The quantitative estimate of drug-likeness (QED) is 0.720. The van der Waals surface area contributed by atoms with Crippen molar-refractivity contribution in [2.45, 2.75) is 69.6 Å². The van der Waals surface area contributed by atoms with Gasteiger partial charge in [0.15, 0.2) is 10.6 Å². The molecule has 2 amide bonds. The van der Waals surface area contributed by atoms with Crippen molar-refractivity contribution in [2.75, 3.05) is 0 Å². The highest BCUT2D eigenvalue weighted by atomic mass is 32.1. The summed E-state index contributed by atoms with van der Waals surface area (Å²) >= 11 is 5.33. The van der Waals surface area contributed by atoms with E-state index in [1.807, 2.05) is 39.8 Å². The van der Waals surface area contributed by atoms with Crippen LogP contribution in [0, 0.1) is 10.7 Å². The third-order valence-electron chi connectivity index (χ3n) is 6.76. The van der Waals surface area contributed by atoms with E-state index in [0.29, 0.717) is 28.8 Å². The van der Waals surface area contributed by atoms with Gasteiger partial charge < -0.3 is 10.2 Å². The molecule has 2 aromatic rings. The van der Waals surface area contributed by atoms with Crippen LogP contribution in [0.2, 0.25) is 0 Å². The van der Waals surface area contributed by atoms with Crippen LogP contribution in [0.1, 0.15) is 67.2 Å². The first-order valence-corrected chi connectivity index (χ1v) is 11.4. The molecular formula is C22H27N5O2S. The lowest BCUT2D eigenvalue weighted by Crippen LogP contribution is -2.49. The largest absolute Gasteiger partial charge is 0.347 e. The number of benzene rings is 1. The molecule has 1 aromatic carbocycles. The van der Waals surface area contributed by atoms with E-state index in [1.165, 1.54) is 6.42 Å². The van der Waals surface area contributed by atoms with Gasteiger partial charge in [0.1, 0.15) is 6.04 Å². The normalized spacial score (nSPS) is 25.7. The van der Waals surface area contributed by atoms with Gasteiger partial charge in [0.05, 0.1) is 6.54 Å². The molecule has 0 bridgehead atoms. The number of carbonyl (C=O) groups excluding carboxylic acids is 2. The summed E-state index contributed by atoms with van der Waals surface area (Å²) in [5, 5.41) is 10.2. The van der Waals surface area contributed by atoms with Crippen molar-refractivity contribution in [3.05, 3.63) is 46.5 Å². The molecule has 2 saturated carbocycles. The van der Waals surface area contributed by atoms with Crippen molar-refractivity contribution in [2.24, 2.45) is 5.92 Å². The van der Waals surface area contributed by atoms with Gasteiger partial charge in [0, 0.05) is 17.6 Å². The molecule has 5 rings (SSSR count). The molecule has 1 aromatic heterocycles. The summed E-state index contributed by atoms with van der Waals surface area (Å²) in [4.78, 5) is 28.5. The van der Waals surface area contributed by atoms with E-state index in [9.17, 15) is 9.59 Å². The van der Waals surface area contributed by atoms with E-state index in [-0.39, 0.29) is 17.9 Å². The first kappa shape index (κ1) is 19.5. The predicted octanol–water partition coefficient (Wildman–Crippen LogP) is 3.37. The van der Waals surface area contributed by atoms with E-state index in [2.05, 4.69) is 15.5 Å². The van der Waals surface area contributed by atoms with Gasteiger partial charge in [0.2, 0.25) is 5.91 Å². The number of hydrogen-bond acceptors (Lipinski definition) is 4. The molecule has 1 aliphatic heterocycles. The first-order valence-electron chi connectivity index (χ1n) is 10.9. The fourth-order valence-electron chi connectivity index (χ4n) is 5.17. The monoisotopic (exact) mass is 425 g/mol. The molecule has 3 fully saturated rings. The summed E-state index contributed by atoms with van der Waals surface area (Å²) in [7, 11) is 0. The minimum absolute atomic E-state index is 0.0363. The Morgan fingerprint density at radius 1 is 1.13 bits per heavy atom. The molecule has 0 radical (unpaired) electrons. The molecule has 8 heteroatoms. The van der Waals surface area contributed by atoms with Crippen LogP contribution in [0.4, 0.5) is 0 Å². The van der Waals surface area contributed by atoms with Crippen molar-refractivity contribution in [3.63, 3.8) is 0 Å². The number of nitrogens with zero attached hydrogens (tertiary/aromatic N) is 3. The molecule has 3 aliphatic rings. The standard InChI is InChI=1S/C22H27N5O2S/c28-20(23-13-19-24-25-22(30)26(19)16-10-11-16)18-12-15-8-4-5-9-17(15)27(18)21(29)14-6-2-1-3-7-14/h1-3,6-7,15-18H,4-5,8-13H2,(H,23,28)(H,25,30). The van der Waals surface area contributed by atoms with E-state index in [0.717, 1.165) is 44.3 Å². The molecular weight excluding hydrogens is 398 g/mol. The van der Waals surface area contributed by atoms with E-state index in [4.69, 9.17) is 12.2 Å². The summed E-state index contributed by atoms with van der Waals surface area (Å²) < 4.78 is 2.62. The molecule has 2 aliphatic carbocycles. The van der Waals surface area contributed by atoms with Crippen molar-refractivity contribution in [1.82, 2.24) is 25.0 Å². The topological polar surface area (TPSA) is 83.0 Å². The zero-order chi connectivity index (χ0) is 20.7. The lowest BCUT2D eigenvalue weighted by molar-refractivity contribution is -0.125. The average molecular weight is 426 g/mol. The SMILES string of the molecule is O=C(NCc1n[nH]c(=S)n1C1CC1)C1CC2CCCCC2N1C(=O)c1ccccc1. The maximum absolute atomic E-state index is 13.4.